The highest BCUT2D eigenvalue weighted by atomic mass is 19.1. The number of nitrogen functional groups attached to an aromatic ring is 1. The van der Waals surface area contributed by atoms with Crippen molar-refractivity contribution in [1.29, 1.82) is 0 Å². The maximum absolute atomic E-state index is 13.9. The zero-order valence-corrected chi connectivity index (χ0v) is 8.33. The zero-order valence-electron chi connectivity index (χ0n) is 8.33. The summed E-state index contributed by atoms with van der Waals surface area (Å²) in [7, 11) is 0. The molecule has 1 rings (SSSR count). The predicted octanol–water partition coefficient (Wildman–Crippen LogP) is 1.28. The molecule has 1 atom stereocenters. The number of aromatic nitrogens is 1. The fraction of sp³-hybridized carbons (Fsp3) is 0.500. The van der Waals surface area contributed by atoms with Gasteiger partial charge in [0.05, 0.1) is 0 Å². The summed E-state index contributed by atoms with van der Waals surface area (Å²) in [4.78, 5) is 3.91. The molecule has 0 spiro atoms. The Labute approximate surface area is 83.3 Å². The zero-order chi connectivity index (χ0) is 10.6. The van der Waals surface area contributed by atoms with Crippen LogP contribution in [0.25, 0.3) is 0 Å². The van der Waals surface area contributed by atoms with Crippen LogP contribution in [0, 0.1) is 0 Å². The van der Waals surface area contributed by atoms with Gasteiger partial charge in [0, 0.05) is 31.0 Å². The molecule has 1 aromatic heterocycles. The minimum atomic E-state index is -1.36. The van der Waals surface area contributed by atoms with E-state index in [1.807, 2.05) is 0 Å². The third-order valence-electron chi connectivity index (χ3n) is 2.45. The van der Waals surface area contributed by atoms with Crippen molar-refractivity contribution >= 4 is 5.69 Å². The topological polar surface area (TPSA) is 64.9 Å². The highest BCUT2D eigenvalue weighted by molar-refractivity contribution is 5.45. The SMILES string of the molecule is CCC(F)(CN)Cc1cnccc1N. The van der Waals surface area contributed by atoms with Crippen LogP contribution in [-0.2, 0) is 6.42 Å². The predicted molar refractivity (Wildman–Crippen MR) is 55.5 cm³/mol. The average Bonchev–Trinajstić information content (AvgIpc) is 2.21. The molecule has 1 heterocycles. The Hall–Kier alpha value is -1.16. The van der Waals surface area contributed by atoms with Crippen LogP contribution in [0.5, 0.6) is 0 Å². The number of alkyl halides is 1. The van der Waals surface area contributed by atoms with Crippen molar-refractivity contribution in [3.05, 3.63) is 24.0 Å². The largest absolute Gasteiger partial charge is 0.398 e. The van der Waals surface area contributed by atoms with Gasteiger partial charge in [0.15, 0.2) is 0 Å². The molecule has 0 saturated carbocycles. The smallest absolute Gasteiger partial charge is 0.127 e. The van der Waals surface area contributed by atoms with Gasteiger partial charge in [-0.25, -0.2) is 4.39 Å². The van der Waals surface area contributed by atoms with Gasteiger partial charge in [-0.2, -0.15) is 0 Å². The maximum atomic E-state index is 13.9. The summed E-state index contributed by atoms with van der Waals surface area (Å²) in [6.45, 7) is 1.79. The van der Waals surface area contributed by atoms with Crippen LogP contribution in [0.15, 0.2) is 18.5 Å². The van der Waals surface area contributed by atoms with Crippen LogP contribution in [0.4, 0.5) is 10.1 Å². The quantitative estimate of drug-likeness (QED) is 0.764. The molecule has 0 aliphatic heterocycles. The summed E-state index contributed by atoms with van der Waals surface area (Å²) >= 11 is 0. The van der Waals surface area contributed by atoms with E-state index in [0.29, 0.717) is 12.1 Å². The summed E-state index contributed by atoms with van der Waals surface area (Å²) in [6.07, 6.45) is 3.81. The summed E-state index contributed by atoms with van der Waals surface area (Å²) in [5.41, 5.74) is 11.0. The van der Waals surface area contributed by atoms with Crippen LogP contribution in [0.1, 0.15) is 18.9 Å². The first-order valence-corrected chi connectivity index (χ1v) is 4.68. The van der Waals surface area contributed by atoms with Crippen molar-refractivity contribution in [3.63, 3.8) is 0 Å². The number of nitrogens with two attached hydrogens (primary N) is 2. The Morgan fingerprint density at radius 1 is 1.57 bits per heavy atom. The number of pyridine rings is 1. The van der Waals surface area contributed by atoms with E-state index in [9.17, 15) is 4.39 Å². The lowest BCUT2D eigenvalue weighted by molar-refractivity contribution is 0.167. The van der Waals surface area contributed by atoms with Gasteiger partial charge in [0.2, 0.25) is 0 Å². The lowest BCUT2D eigenvalue weighted by atomic mass is 9.94. The minimum Gasteiger partial charge on any atom is -0.398 e. The molecule has 1 unspecified atom stereocenters. The number of hydrogen-bond acceptors (Lipinski definition) is 3. The fourth-order valence-corrected chi connectivity index (χ4v) is 1.27. The normalized spacial score (nSPS) is 15.1. The summed E-state index contributed by atoms with van der Waals surface area (Å²) in [5.74, 6) is 0. The third-order valence-corrected chi connectivity index (χ3v) is 2.45. The van der Waals surface area contributed by atoms with Gasteiger partial charge < -0.3 is 11.5 Å². The molecule has 0 radical (unpaired) electrons. The van der Waals surface area contributed by atoms with Crippen molar-refractivity contribution in [2.24, 2.45) is 5.73 Å². The Bertz CT molecular complexity index is 297. The third kappa shape index (κ3) is 2.42. The molecule has 4 N–H and O–H groups in total. The monoisotopic (exact) mass is 197 g/mol. The second-order valence-corrected chi connectivity index (χ2v) is 3.46. The van der Waals surface area contributed by atoms with Gasteiger partial charge in [-0.1, -0.05) is 6.92 Å². The molecule has 0 bridgehead atoms. The number of rotatable bonds is 4. The molecule has 78 valence electrons. The number of nitrogens with zero attached hydrogens (tertiary/aromatic N) is 1. The molecule has 0 aromatic carbocycles. The van der Waals surface area contributed by atoms with Crippen LogP contribution in [-0.4, -0.2) is 17.2 Å². The molecular formula is C10H16FN3. The highest BCUT2D eigenvalue weighted by Crippen LogP contribution is 2.23. The van der Waals surface area contributed by atoms with Gasteiger partial charge in [0.25, 0.3) is 0 Å². The average molecular weight is 197 g/mol. The first-order valence-electron chi connectivity index (χ1n) is 4.68. The van der Waals surface area contributed by atoms with Crippen LogP contribution in [0.3, 0.4) is 0 Å². The molecule has 3 nitrogen and oxygen atoms in total. The molecule has 4 heteroatoms. The Morgan fingerprint density at radius 2 is 2.29 bits per heavy atom. The van der Waals surface area contributed by atoms with E-state index in [0.717, 1.165) is 5.56 Å². The van der Waals surface area contributed by atoms with Crippen LogP contribution in [0.2, 0.25) is 0 Å². The number of hydrogen-bond donors (Lipinski definition) is 2. The van der Waals surface area contributed by atoms with Gasteiger partial charge in [-0.05, 0) is 18.1 Å². The lowest BCUT2D eigenvalue weighted by Crippen LogP contribution is -2.34. The minimum absolute atomic E-state index is 0.0117. The molecule has 14 heavy (non-hydrogen) atoms. The molecule has 0 fully saturated rings. The molecule has 0 saturated heterocycles. The highest BCUT2D eigenvalue weighted by Gasteiger charge is 2.26. The van der Waals surface area contributed by atoms with Gasteiger partial charge in [-0.15, -0.1) is 0 Å². The van der Waals surface area contributed by atoms with Crippen LogP contribution >= 0.6 is 0 Å². The number of halogens is 1. The van der Waals surface area contributed by atoms with Crippen LogP contribution < -0.4 is 11.5 Å². The molecule has 0 aliphatic rings. The Kier molecular flexibility index (Phi) is 3.41. The van der Waals surface area contributed by atoms with E-state index < -0.39 is 5.67 Å². The standard InChI is InChI=1S/C10H16FN3/c1-2-10(11,7-12)5-8-6-14-4-3-9(8)13/h3-4,6H,2,5,7,12H2,1H3,(H2,13,14). The van der Waals surface area contributed by atoms with Crippen molar-refractivity contribution in [3.8, 4) is 0 Å². The van der Waals surface area contributed by atoms with E-state index in [4.69, 9.17) is 11.5 Å². The summed E-state index contributed by atoms with van der Waals surface area (Å²) in [5, 5.41) is 0. The van der Waals surface area contributed by atoms with Gasteiger partial charge in [0.1, 0.15) is 5.67 Å². The fourth-order valence-electron chi connectivity index (χ4n) is 1.27. The second-order valence-electron chi connectivity index (χ2n) is 3.46. The Morgan fingerprint density at radius 3 is 2.79 bits per heavy atom. The van der Waals surface area contributed by atoms with Crippen molar-refractivity contribution in [2.45, 2.75) is 25.4 Å². The molecule has 1 aromatic rings. The van der Waals surface area contributed by atoms with E-state index in [-0.39, 0.29) is 13.0 Å². The Balaban J connectivity index is 2.82. The van der Waals surface area contributed by atoms with E-state index in [2.05, 4.69) is 4.98 Å². The lowest BCUT2D eigenvalue weighted by Gasteiger charge is -2.22. The number of anilines is 1. The second kappa shape index (κ2) is 4.37. The molecule has 0 amide bonds. The van der Waals surface area contributed by atoms with Gasteiger partial charge >= 0.3 is 0 Å². The maximum Gasteiger partial charge on any atom is 0.127 e. The molecular weight excluding hydrogens is 181 g/mol. The van der Waals surface area contributed by atoms with E-state index in [1.165, 1.54) is 0 Å². The van der Waals surface area contributed by atoms with Crippen molar-refractivity contribution in [1.82, 2.24) is 4.98 Å². The molecule has 0 aliphatic carbocycles. The van der Waals surface area contributed by atoms with E-state index >= 15 is 0 Å². The summed E-state index contributed by atoms with van der Waals surface area (Å²) < 4.78 is 13.9. The van der Waals surface area contributed by atoms with E-state index in [1.54, 1.807) is 25.4 Å². The van der Waals surface area contributed by atoms with Crippen molar-refractivity contribution < 1.29 is 4.39 Å². The van der Waals surface area contributed by atoms with Crippen molar-refractivity contribution in [2.75, 3.05) is 12.3 Å². The first kappa shape index (κ1) is 10.9. The van der Waals surface area contributed by atoms with Gasteiger partial charge in [-0.3, -0.25) is 4.98 Å². The first-order chi connectivity index (χ1) is 6.61. The summed E-state index contributed by atoms with van der Waals surface area (Å²) in [6, 6.07) is 1.67.